The molecule has 0 aliphatic carbocycles. The summed E-state index contributed by atoms with van der Waals surface area (Å²) >= 11 is 0. The largest absolute Gasteiger partial charge is 0.512 e. The zero-order chi connectivity index (χ0) is 26.7. The van der Waals surface area contributed by atoms with Gasteiger partial charge in [0.05, 0.1) is 5.52 Å². The normalized spacial score (nSPS) is 12.2. The van der Waals surface area contributed by atoms with Crippen LogP contribution in [-0.4, -0.2) is 15.9 Å². The predicted octanol–water partition coefficient (Wildman–Crippen LogP) is 8.84. The van der Waals surface area contributed by atoms with Crippen molar-refractivity contribution in [2.45, 2.75) is 82.1 Å². The maximum atomic E-state index is 11.5. The molecule has 3 nitrogen and oxygen atoms in total. The van der Waals surface area contributed by atoms with Crippen molar-refractivity contribution in [3.63, 3.8) is 0 Å². The maximum Gasteiger partial charge on any atom is 0.164 e. The van der Waals surface area contributed by atoms with Crippen LogP contribution in [0, 0.1) is 37.7 Å². The molecule has 1 heterocycles. The minimum absolute atomic E-state index is 0. The molecule has 4 heteroatoms. The second kappa shape index (κ2) is 12.3. The van der Waals surface area contributed by atoms with E-state index in [9.17, 15) is 9.90 Å². The van der Waals surface area contributed by atoms with Crippen molar-refractivity contribution in [1.82, 2.24) is 4.98 Å². The summed E-state index contributed by atoms with van der Waals surface area (Å²) in [6.45, 7) is 21.9. The number of aryl methyl sites for hydroxylation is 3. The number of allylic oxidation sites excluding steroid dienone is 2. The molecule has 1 aromatic heterocycles. The van der Waals surface area contributed by atoms with Crippen molar-refractivity contribution < 1.29 is 30.0 Å². The number of aromatic nitrogens is 1. The molecule has 0 fully saturated rings. The number of nitrogens with zero attached hydrogens (tertiary/aromatic N) is 1. The fourth-order valence-corrected chi connectivity index (χ4v) is 3.51. The van der Waals surface area contributed by atoms with Gasteiger partial charge in [0.15, 0.2) is 5.78 Å². The van der Waals surface area contributed by atoms with E-state index in [-0.39, 0.29) is 37.1 Å². The van der Waals surface area contributed by atoms with Gasteiger partial charge in [0, 0.05) is 37.0 Å². The average Bonchev–Trinajstić information content (AvgIpc) is 2.71. The summed E-state index contributed by atoms with van der Waals surface area (Å²) in [5, 5.41) is 10.8. The molecule has 1 radical (unpaired) electrons. The molecule has 2 aromatic carbocycles. The number of carbonyl (C=O) groups is 1. The molecular formula is C32H42IrNO2-. The Kier molecular flexibility index (Phi) is 10.8. The summed E-state index contributed by atoms with van der Waals surface area (Å²) in [6.07, 6.45) is 1.33. The van der Waals surface area contributed by atoms with Gasteiger partial charge >= 0.3 is 0 Å². The zero-order valence-corrected chi connectivity index (χ0v) is 26.1. The average molecular weight is 665 g/mol. The number of benzene rings is 2. The fraction of sp³-hybridized carbons (Fsp3) is 0.438. The first-order valence-electron chi connectivity index (χ1n) is 12.4. The number of hydrogen-bond acceptors (Lipinski definition) is 3. The van der Waals surface area contributed by atoms with Crippen molar-refractivity contribution in [1.29, 1.82) is 0 Å². The summed E-state index contributed by atoms with van der Waals surface area (Å²) in [5.41, 5.74) is 7.39. The Morgan fingerprint density at radius 2 is 1.56 bits per heavy atom. The minimum atomic E-state index is -0.417. The molecule has 0 unspecified atom stereocenters. The van der Waals surface area contributed by atoms with E-state index in [0.717, 1.165) is 22.3 Å². The van der Waals surface area contributed by atoms with Crippen LogP contribution >= 0.6 is 0 Å². The molecule has 36 heavy (non-hydrogen) atoms. The third-order valence-corrected chi connectivity index (χ3v) is 5.87. The number of pyridine rings is 1. The molecule has 0 aliphatic rings. The van der Waals surface area contributed by atoms with Crippen LogP contribution in [0.1, 0.15) is 83.6 Å². The van der Waals surface area contributed by atoms with Gasteiger partial charge in [-0.15, -0.1) is 34.9 Å². The summed E-state index contributed by atoms with van der Waals surface area (Å²) < 4.78 is 0. The molecule has 0 aliphatic heterocycles. The summed E-state index contributed by atoms with van der Waals surface area (Å²) in [5.74, 6) is 0.643. The van der Waals surface area contributed by atoms with Crippen LogP contribution in [0.15, 0.2) is 48.2 Å². The molecule has 3 rings (SSSR count). The summed E-state index contributed by atoms with van der Waals surface area (Å²) in [7, 11) is 0. The second-order valence-electron chi connectivity index (χ2n) is 11.9. The number of aliphatic hydroxyl groups excluding tert-OH is 1. The van der Waals surface area contributed by atoms with Gasteiger partial charge in [-0.05, 0) is 41.6 Å². The number of hydrogen-bond donors (Lipinski definition) is 1. The first-order chi connectivity index (χ1) is 16.0. The molecule has 197 valence electrons. The van der Waals surface area contributed by atoms with Crippen LogP contribution in [0.4, 0.5) is 0 Å². The smallest absolute Gasteiger partial charge is 0.164 e. The molecular weight excluding hydrogens is 623 g/mol. The molecule has 0 saturated carbocycles. The van der Waals surface area contributed by atoms with E-state index in [1.807, 2.05) is 41.5 Å². The third kappa shape index (κ3) is 8.68. The predicted molar refractivity (Wildman–Crippen MR) is 149 cm³/mol. The van der Waals surface area contributed by atoms with Gasteiger partial charge in [0.1, 0.15) is 5.76 Å². The van der Waals surface area contributed by atoms with Crippen LogP contribution in [0.5, 0.6) is 0 Å². The van der Waals surface area contributed by atoms with Crippen molar-refractivity contribution in [2.75, 3.05) is 0 Å². The standard InChI is InChI=1S/C21H22N.C11H20O2.Ir/c1-13(2)17-6-7-20-18(12-17)11-16(5)21(22-20)19-9-14(3)8-15(4)10-19;1-10(2,3)8(12)7-9(13)11(4,5)6;/h6-9,11-13H,1-5H3;7,12H,1-6H3;/q-1;;/b;8-7-;. The van der Waals surface area contributed by atoms with Crippen LogP contribution in [0.2, 0.25) is 0 Å². The first-order valence-corrected chi connectivity index (χ1v) is 12.4. The molecule has 1 N–H and O–H groups in total. The van der Waals surface area contributed by atoms with E-state index in [2.05, 4.69) is 77.1 Å². The maximum absolute atomic E-state index is 11.5. The number of ketones is 1. The van der Waals surface area contributed by atoms with E-state index >= 15 is 0 Å². The van der Waals surface area contributed by atoms with Gasteiger partial charge in [-0.25, -0.2) is 0 Å². The minimum Gasteiger partial charge on any atom is -0.512 e. The Bertz CT molecular complexity index is 1220. The second-order valence-corrected chi connectivity index (χ2v) is 11.9. The van der Waals surface area contributed by atoms with Gasteiger partial charge in [0.2, 0.25) is 0 Å². The van der Waals surface area contributed by atoms with E-state index in [1.165, 1.54) is 28.2 Å². The van der Waals surface area contributed by atoms with Gasteiger partial charge in [-0.3, -0.25) is 9.78 Å². The monoisotopic (exact) mass is 665 g/mol. The Morgan fingerprint density at radius 3 is 2.06 bits per heavy atom. The Hall–Kier alpha value is -2.29. The van der Waals surface area contributed by atoms with Gasteiger partial charge in [-0.1, -0.05) is 86.9 Å². The topological polar surface area (TPSA) is 50.2 Å². The number of carbonyl (C=O) groups excluding carboxylic acids is 1. The number of fused-ring (bicyclic) bond motifs is 1. The third-order valence-electron chi connectivity index (χ3n) is 5.87. The SMILES string of the molecule is CC(C)(C)C(=O)/C=C(\O)C(C)(C)C.Cc1[c-]c(-c2nc3ccc(C(C)C)cc3cc2C)cc(C)c1.[Ir]. The van der Waals surface area contributed by atoms with Crippen molar-refractivity contribution in [3.8, 4) is 11.3 Å². The number of aliphatic hydroxyl groups is 1. The van der Waals surface area contributed by atoms with Crippen molar-refractivity contribution in [2.24, 2.45) is 10.8 Å². The van der Waals surface area contributed by atoms with Crippen molar-refractivity contribution in [3.05, 3.63) is 76.6 Å². The summed E-state index contributed by atoms with van der Waals surface area (Å²) in [4.78, 5) is 16.4. The molecule has 0 amide bonds. The molecule has 0 atom stereocenters. The van der Waals surface area contributed by atoms with Crippen LogP contribution < -0.4 is 0 Å². The van der Waals surface area contributed by atoms with E-state index in [4.69, 9.17) is 4.98 Å². The summed E-state index contributed by atoms with van der Waals surface area (Å²) in [6, 6.07) is 16.6. The molecule has 0 spiro atoms. The molecule has 0 saturated heterocycles. The van der Waals surface area contributed by atoms with Crippen molar-refractivity contribution >= 4 is 16.7 Å². The zero-order valence-electron chi connectivity index (χ0n) is 23.8. The van der Waals surface area contributed by atoms with Crippen LogP contribution in [0.3, 0.4) is 0 Å². The Balaban J connectivity index is 0.000000402. The van der Waals surface area contributed by atoms with Crippen LogP contribution in [-0.2, 0) is 24.9 Å². The quantitative estimate of drug-likeness (QED) is 0.173. The van der Waals surface area contributed by atoms with Gasteiger partial charge in [-0.2, -0.15) is 0 Å². The van der Waals surface area contributed by atoms with Crippen LogP contribution in [0.25, 0.3) is 22.2 Å². The van der Waals surface area contributed by atoms with E-state index in [0.29, 0.717) is 5.92 Å². The number of rotatable bonds is 3. The van der Waals surface area contributed by atoms with E-state index < -0.39 is 5.41 Å². The van der Waals surface area contributed by atoms with Gasteiger partial charge in [0.25, 0.3) is 0 Å². The van der Waals surface area contributed by atoms with E-state index in [1.54, 1.807) is 0 Å². The fourth-order valence-electron chi connectivity index (χ4n) is 3.51. The Labute approximate surface area is 231 Å². The molecule has 3 aromatic rings. The molecule has 0 bridgehead atoms. The Morgan fingerprint density at radius 1 is 0.944 bits per heavy atom. The first kappa shape index (κ1) is 31.7. The van der Waals surface area contributed by atoms with Gasteiger partial charge < -0.3 is 5.11 Å².